The second kappa shape index (κ2) is 10.6. The van der Waals surface area contributed by atoms with Crippen LogP contribution in [0.5, 0.6) is 5.88 Å². The van der Waals surface area contributed by atoms with E-state index in [0.717, 1.165) is 43.0 Å². The lowest BCUT2D eigenvalue weighted by Gasteiger charge is -2.25. The third kappa shape index (κ3) is 5.46. The van der Waals surface area contributed by atoms with Crippen LogP contribution in [-0.4, -0.2) is 34.2 Å². The Morgan fingerprint density at radius 2 is 1.81 bits per heavy atom. The minimum absolute atomic E-state index is 0.211. The first kappa shape index (κ1) is 28.5. The molecule has 42 heavy (non-hydrogen) atoms. The summed E-state index contributed by atoms with van der Waals surface area (Å²) in [7, 11) is 1.54. The van der Waals surface area contributed by atoms with E-state index in [-0.39, 0.29) is 40.6 Å². The SMILES string of the molecule is COc1cc(C(=O)NCC(c2cc(C(C)(C)C)c(F)c(-c3cc(Cl)c(F)cc3F)n2)C2CC2)cc2cc(C3CC3)nn12. The molecule has 1 amide bonds. The van der Waals surface area contributed by atoms with Crippen LogP contribution in [0.1, 0.15) is 85.6 Å². The van der Waals surface area contributed by atoms with Gasteiger partial charge in [-0.2, -0.15) is 5.10 Å². The van der Waals surface area contributed by atoms with Crippen LogP contribution in [0, 0.1) is 23.4 Å². The van der Waals surface area contributed by atoms with Gasteiger partial charge in [0, 0.05) is 47.3 Å². The fourth-order valence-electron chi connectivity index (χ4n) is 5.43. The number of aromatic nitrogens is 3. The van der Waals surface area contributed by atoms with Crippen LogP contribution >= 0.6 is 11.6 Å². The molecule has 4 aromatic rings. The molecule has 1 aromatic carbocycles. The lowest BCUT2D eigenvalue weighted by molar-refractivity contribution is 0.0949. The van der Waals surface area contributed by atoms with Crippen LogP contribution in [0.25, 0.3) is 16.8 Å². The fourth-order valence-corrected chi connectivity index (χ4v) is 5.59. The van der Waals surface area contributed by atoms with Gasteiger partial charge in [-0.15, -0.1) is 0 Å². The van der Waals surface area contributed by atoms with E-state index in [1.165, 1.54) is 0 Å². The first-order chi connectivity index (χ1) is 19.9. The Balaban J connectivity index is 1.33. The van der Waals surface area contributed by atoms with E-state index in [4.69, 9.17) is 16.3 Å². The van der Waals surface area contributed by atoms with Gasteiger partial charge < -0.3 is 10.1 Å². The Morgan fingerprint density at radius 3 is 2.45 bits per heavy atom. The third-order valence-corrected chi connectivity index (χ3v) is 8.41. The Bertz CT molecular complexity index is 1710. The molecule has 3 heterocycles. The molecule has 2 aliphatic carbocycles. The van der Waals surface area contributed by atoms with Gasteiger partial charge in [-0.25, -0.2) is 22.7 Å². The predicted molar refractivity (Wildman–Crippen MR) is 155 cm³/mol. The number of ether oxygens (including phenoxy) is 1. The van der Waals surface area contributed by atoms with Crippen LogP contribution in [0.3, 0.4) is 0 Å². The molecule has 0 radical (unpaired) electrons. The van der Waals surface area contributed by atoms with E-state index >= 15 is 4.39 Å². The van der Waals surface area contributed by atoms with E-state index in [1.54, 1.807) is 29.8 Å². The van der Waals surface area contributed by atoms with Crippen molar-refractivity contribution in [3.63, 3.8) is 0 Å². The van der Waals surface area contributed by atoms with E-state index in [0.29, 0.717) is 34.7 Å². The number of halogens is 4. The van der Waals surface area contributed by atoms with Gasteiger partial charge in [0.1, 0.15) is 17.3 Å². The van der Waals surface area contributed by atoms with Gasteiger partial charge in [0.05, 0.1) is 23.3 Å². The average molecular weight is 597 g/mol. The molecule has 6 nitrogen and oxygen atoms in total. The number of methoxy groups -OCH3 is 1. The van der Waals surface area contributed by atoms with Gasteiger partial charge in [0.2, 0.25) is 5.88 Å². The monoisotopic (exact) mass is 596 g/mol. The van der Waals surface area contributed by atoms with Crippen molar-refractivity contribution >= 4 is 23.0 Å². The maximum atomic E-state index is 15.9. The summed E-state index contributed by atoms with van der Waals surface area (Å²) in [4.78, 5) is 18.0. The molecule has 6 rings (SSSR count). The summed E-state index contributed by atoms with van der Waals surface area (Å²) in [6.45, 7) is 5.82. The van der Waals surface area contributed by atoms with Crippen LogP contribution in [0.2, 0.25) is 5.02 Å². The van der Waals surface area contributed by atoms with E-state index in [9.17, 15) is 13.6 Å². The number of carbonyl (C=O) groups excluding carboxylic acids is 1. The Morgan fingerprint density at radius 1 is 1.07 bits per heavy atom. The molecule has 1 unspecified atom stereocenters. The second-order valence-corrected chi connectivity index (χ2v) is 12.8. The van der Waals surface area contributed by atoms with Gasteiger partial charge in [-0.05, 0) is 66.8 Å². The number of hydrogen-bond donors (Lipinski definition) is 1. The first-order valence-electron chi connectivity index (χ1n) is 14.2. The quantitative estimate of drug-likeness (QED) is 0.213. The predicted octanol–water partition coefficient (Wildman–Crippen LogP) is 7.57. The standard InChI is InChI=1S/C32H32ClF3N4O2/c1-32(2,3)22-13-27(38-30(29(22)36)20-12-23(33)25(35)14-24(20)34)21(16-5-6-16)15-37-31(41)18-9-19-11-26(17-7-8-17)39-40(19)28(10-18)42-4/h9-14,16-17,21H,5-8,15H2,1-4H3,(H,37,41). The Kier molecular flexibility index (Phi) is 7.20. The number of nitrogens with one attached hydrogen (secondary N) is 1. The molecule has 2 saturated carbocycles. The number of carbonyl (C=O) groups is 1. The summed E-state index contributed by atoms with van der Waals surface area (Å²) in [5.74, 6) is -1.96. The number of rotatable bonds is 8. The number of fused-ring (bicyclic) bond motifs is 1. The first-order valence-corrected chi connectivity index (χ1v) is 14.5. The van der Waals surface area contributed by atoms with Crippen molar-refractivity contribution < 1.29 is 22.7 Å². The van der Waals surface area contributed by atoms with Gasteiger partial charge in [0.25, 0.3) is 5.91 Å². The molecule has 1 atom stereocenters. The highest BCUT2D eigenvalue weighted by Gasteiger charge is 2.36. The zero-order valence-electron chi connectivity index (χ0n) is 23.9. The van der Waals surface area contributed by atoms with Crippen molar-refractivity contribution in [2.75, 3.05) is 13.7 Å². The van der Waals surface area contributed by atoms with Crippen molar-refractivity contribution in [3.8, 4) is 17.1 Å². The molecule has 220 valence electrons. The van der Waals surface area contributed by atoms with Crippen molar-refractivity contribution in [1.29, 1.82) is 0 Å². The summed E-state index contributed by atoms with van der Waals surface area (Å²) in [5, 5.41) is 7.35. The normalized spacial score (nSPS) is 16.1. The Labute approximate surface area is 247 Å². The van der Waals surface area contributed by atoms with Crippen LogP contribution in [-0.2, 0) is 5.41 Å². The van der Waals surface area contributed by atoms with Crippen LogP contribution in [0.4, 0.5) is 13.2 Å². The van der Waals surface area contributed by atoms with Gasteiger partial charge in [-0.1, -0.05) is 32.4 Å². The Hall–Kier alpha value is -3.59. The number of pyridine rings is 2. The highest BCUT2D eigenvalue weighted by molar-refractivity contribution is 6.31. The highest BCUT2D eigenvalue weighted by Crippen LogP contribution is 2.44. The molecular formula is C32H32ClF3N4O2. The van der Waals surface area contributed by atoms with Gasteiger partial charge >= 0.3 is 0 Å². The zero-order valence-corrected chi connectivity index (χ0v) is 24.7. The lowest BCUT2D eigenvalue weighted by atomic mass is 9.84. The smallest absolute Gasteiger partial charge is 0.251 e. The summed E-state index contributed by atoms with van der Waals surface area (Å²) >= 11 is 5.95. The zero-order chi connectivity index (χ0) is 29.9. The molecule has 2 fully saturated rings. The summed E-state index contributed by atoms with van der Waals surface area (Å²) in [6, 6.07) is 8.85. The minimum atomic E-state index is -0.953. The van der Waals surface area contributed by atoms with Crippen molar-refractivity contribution in [1.82, 2.24) is 19.9 Å². The van der Waals surface area contributed by atoms with Gasteiger partial charge in [0.15, 0.2) is 5.82 Å². The fraction of sp³-hybridized carbons (Fsp3) is 0.406. The largest absolute Gasteiger partial charge is 0.481 e. The molecule has 1 N–H and O–H groups in total. The van der Waals surface area contributed by atoms with Crippen LogP contribution in [0.15, 0.2) is 36.4 Å². The molecule has 0 saturated heterocycles. The van der Waals surface area contributed by atoms with E-state index in [2.05, 4.69) is 15.4 Å². The number of nitrogens with zero attached hydrogens (tertiary/aromatic N) is 3. The average Bonchev–Trinajstić information content (AvgIpc) is 3.88. The molecule has 0 aliphatic heterocycles. The summed E-state index contributed by atoms with van der Waals surface area (Å²) in [5.41, 5.74) is 2.02. The number of amides is 1. The summed E-state index contributed by atoms with van der Waals surface area (Å²) in [6.07, 6.45) is 4.07. The number of hydrogen-bond acceptors (Lipinski definition) is 4. The molecular weight excluding hydrogens is 565 g/mol. The molecule has 0 spiro atoms. The minimum Gasteiger partial charge on any atom is -0.481 e. The van der Waals surface area contributed by atoms with Crippen molar-refractivity contribution in [2.24, 2.45) is 5.92 Å². The molecule has 0 bridgehead atoms. The van der Waals surface area contributed by atoms with Gasteiger partial charge in [-0.3, -0.25) is 4.79 Å². The maximum Gasteiger partial charge on any atom is 0.251 e. The molecule has 3 aromatic heterocycles. The highest BCUT2D eigenvalue weighted by atomic mass is 35.5. The maximum absolute atomic E-state index is 15.9. The van der Waals surface area contributed by atoms with E-state index < -0.39 is 22.9 Å². The molecule has 2 aliphatic rings. The summed E-state index contributed by atoms with van der Waals surface area (Å²) < 4.78 is 51.9. The van der Waals surface area contributed by atoms with Crippen molar-refractivity contribution in [3.05, 3.63) is 81.4 Å². The van der Waals surface area contributed by atoms with Crippen LogP contribution < -0.4 is 10.1 Å². The second-order valence-electron chi connectivity index (χ2n) is 12.4. The van der Waals surface area contributed by atoms with E-state index in [1.807, 2.05) is 26.8 Å². The van der Waals surface area contributed by atoms with Crippen molar-refractivity contribution in [2.45, 2.75) is 63.7 Å². The third-order valence-electron chi connectivity index (χ3n) is 8.12. The lowest BCUT2D eigenvalue weighted by Crippen LogP contribution is -2.30. The number of benzene rings is 1. The topological polar surface area (TPSA) is 68.5 Å². The molecule has 10 heteroatoms.